The SMILES string of the molecule is COCCOCCCOc1nc[nH]c(=O)c1OC. The molecule has 1 aromatic rings. The summed E-state index contributed by atoms with van der Waals surface area (Å²) in [6, 6.07) is 0. The van der Waals surface area contributed by atoms with Crippen molar-refractivity contribution in [3.63, 3.8) is 0 Å². The standard InChI is InChI=1S/C11H18N2O5/c1-15-6-7-17-4-3-5-18-11-9(16-2)10(14)12-8-13-11/h8H,3-7H2,1-2H3,(H,12,13,14). The molecule has 7 nitrogen and oxygen atoms in total. The van der Waals surface area contributed by atoms with Crippen molar-refractivity contribution in [3.05, 3.63) is 16.7 Å². The Morgan fingerprint density at radius 3 is 2.78 bits per heavy atom. The van der Waals surface area contributed by atoms with Crippen molar-refractivity contribution < 1.29 is 18.9 Å². The Morgan fingerprint density at radius 1 is 1.22 bits per heavy atom. The number of nitrogens with one attached hydrogen (secondary N) is 1. The summed E-state index contributed by atoms with van der Waals surface area (Å²) in [5, 5.41) is 0. The van der Waals surface area contributed by atoms with Gasteiger partial charge in [-0.25, -0.2) is 4.98 Å². The number of hydrogen-bond acceptors (Lipinski definition) is 6. The van der Waals surface area contributed by atoms with Crippen molar-refractivity contribution in [3.8, 4) is 11.6 Å². The lowest BCUT2D eigenvalue weighted by Crippen LogP contribution is -2.13. The van der Waals surface area contributed by atoms with E-state index in [0.29, 0.717) is 32.8 Å². The molecule has 0 amide bonds. The van der Waals surface area contributed by atoms with Crippen LogP contribution in [0.1, 0.15) is 6.42 Å². The molecule has 0 saturated heterocycles. The van der Waals surface area contributed by atoms with Crippen molar-refractivity contribution in [2.24, 2.45) is 0 Å². The Labute approximate surface area is 105 Å². The van der Waals surface area contributed by atoms with Crippen molar-refractivity contribution in [1.82, 2.24) is 9.97 Å². The maximum Gasteiger partial charge on any atom is 0.297 e. The first-order valence-electron chi connectivity index (χ1n) is 5.60. The number of H-pyrrole nitrogens is 1. The van der Waals surface area contributed by atoms with Crippen LogP contribution in [0.4, 0.5) is 0 Å². The normalized spacial score (nSPS) is 10.3. The minimum Gasteiger partial charge on any atom is -0.487 e. The molecule has 0 aliphatic rings. The van der Waals surface area contributed by atoms with E-state index in [4.69, 9.17) is 18.9 Å². The molecule has 0 radical (unpaired) electrons. The van der Waals surface area contributed by atoms with Crippen LogP contribution in [0.25, 0.3) is 0 Å². The highest BCUT2D eigenvalue weighted by molar-refractivity contribution is 5.29. The number of aromatic nitrogens is 2. The number of ether oxygens (including phenoxy) is 4. The Balaban J connectivity index is 2.27. The van der Waals surface area contributed by atoms with E-state index in [1.54, 1.807) is 7.11 Å². The molecule has 7 heteroatoms. The summed E-state index contributed by atoms with van der Waals surface area (Å²) in [6.45, 7) is 2.10. The number of methoxy groups -OCH3 is 2. The highest BCUT2D eigenvalue weighted by Gasteiger charge is 2.09. The molecular formula is C11H18N2O5. The zero-order valence-corrected chi connectivity index (χ0v) is 10.6. The maximum absolute atomic E-state index is 11.3. The number of hydrogen-bond donors (Lipinski definition) is 1. The molecule has 0 unspecified atom stereocenters. The molecule has 0 spiro atoms. The monoisotopic (exact) mass is 258 g/mol. The molecule has 0 aromatic carbocycles. The van der Waals surface area contributed by atoms with E-state index in [0.717, 1.165) is 0 Å². The van der Waals surface area contributed by atoms with Crippen molar-refractivity contribution in [2.45, 2.75) is 6.42 Å². The van der Waals surface area contributed by atoms with Gasteiger partial charge in [-0.15, -0.1) is 0 Å². The fourth-order valence-corrected chi connectivity index (χ4v) is 1.23. The van der Waals surface area contributed by atoms with Crippen LogP contribution >= 0.6 is 0 Å². The molecule has 1 heterocycles. The summed E-state index contributed by atoms with van der Waals surface area (Å²) in [7, 11) is 3.02. The highest BCUT2D eigenvalue weighted by atomic mass is 16.5. The van der Waals surface area contributed by atoms with Gasteiger partial charge in [-0.3, -0.25) is 4.79 Å². The summed E-state index contributed by atoms with van der Waals surface area (Å²) >= 11 is 0. The van der Waals surface area contributed by atoms with Crippen LogP contribution in [-0.2, 0) is 9.47 Å². The maximum atomic E-state index is 11.3. The highest BCUT2D eigenvalue weighted by Crippen LogP contribution is 2.17. The van der Waals surface area contributed by atoms with Gasteiger partial charge in [-0.1, -0.05) is 0 Å². The molecular weight excluding hydrogens is 240 g/mol. The van der Waals surface area contributed by atoms with Crippen molar-refractivity contribution in [1.29, 1.82) is 0 Å². The first-order chi connectivity index (χ1) is 8.79. The van der Waals surface area contributed by atoms with Gasteiger partial charge >= 0.3 is 0 Å². The first kappa shape index (κ1) is 14.5. The summed E-state index contributed by atoms with van der Waals surface area (Å²) in [5.41, 5.74) is -0.362. The van der Waals surface area contributed by atoms with E-state index in [1.165, 1.54) is 13.4 Å². The second-order valence-corrected chi connectivity index (χ2v) is 3.38. The van der Waals surface area contributed by atoms with E-state index in [2.05, 4.69) is 9.97 Å². The quantitative estimate of drug-likeness (QED) is 0.638. The third-order valence-corrected chi connectivity index (χ3v) is 2.09. The second kappa shape index (κ2) is 8.48. The van der Waals surface area contributed by atoms with Crippen LogP contribution in [0.15, 0.2) is 11.1 Å². The van der Waals surface area contributed by atoms with E-state index in [1.807, 2.05) is 0 Å². The van der Waals surface area contributed by atoms with Crippen molar-refractivity contribution in [2.75, 3.05) is 40.6 Å². The topological polar surface area (TPSA) is 82.7 Å². The van der Waals surface area contributed by atoms with Crippen LogP contribution in [0, 0.1) is 0 Å². The Bertz CT molecular complexity index is 393. The molecule has 18 heavy (non-hydrogen) atoms. The lowest BCUT2D eigenvalue weighted by molar-refractivity contribution is 0.0640. The fraction of sp³-hybridized carbons (Fsp3) is 0.636. The second-order valence-electron chi connectivity index (χ2n) is 3.38. The van der Waals surface area contributed by atoms with E-state index in [-0.39, 0.29) is 17.2 Å². The molecule has 1 aromatic heterocycles. The average Bonchev–Trinajstić information content (AvgIpc) is 2.38. The lowest BCUT2D eigenvalue weighted by atomic mass is 10.5. The number of rotatable bonds is 9. The van der Waals surface area contributed by atoms with Gasteiger partial charge in [0.2, 0.25) is 5.75 Å². The summed E-state index contributed by atoms with van der Waals surface area (Å²) < 4.78 is 20.4. The summed E-state index contributed by atoms with van der Waals surface area (Å²) in [4.78, 5) is 17.6. The van der Waals surface area contributed by atoms with Crippen LogP contribution in [0.3, 0.4) is 0 Å². The van der Waals surface area contributed by atoms with E-state index in [9.17, 15) is 4.79 Å². The molecule has 0 fully saturated rings. The number of aromatic amines is 1. The zero-order valence-electron chi connectivity index (χ0n) is 10.6. The molecule has 0 aliphatic heterocycles. The van der Waals surface area contributed by atoms with Gasteiger partial charge in [0, 0.05) is 20.1 Å². The molecule has 0 aliphatic carbocycles. The Morgan fingerprint density at radius 2 is 2.06 bits per heavy atom. The van der Waals surface area contributed by atoms with Gasteiger partial charge in [0.1, 0.15) is 0 Å². The largest absolute Gasteiger partial charge is 0.487 e. The van der Waals surface area contributed by atoms with E-state index < -0.39 is 0 Å². The van der Waals surface area contributed by atoms with Gasteiger partial charge in [0.15, 0.2) is 0 Å². The number of nitrogens with zero attached hydrogens (tertiary/aromatic N) is 1. The van der Waals surface area contributed by atoms with E-state index >= 15 is 0 Å². The third kappa shape index (κ3) is 4.72. The predicted molar refractivity (Wildman–Crippen MR) is 64.2 cm³/mol. The van der Waals surface area contributed by atoms with Crippen LogP contribution in [0.2, 0.25) is 0 Å². The molecule has 0 bridgehead atoms. The third-order valence-electron chi connectivity index (χ3n) is 2.09. The van der Waals surface area contributed by atoms with Gasteiger partial charge in [-0.05, 0) is 0 Å². The smallest absolute Gasteiger partial charge is 0.297 e. The van der Waals surface area contributed by atoms with Gasteiger partial charge in [-0.2, -0.15) is 0 Å². The molecule has 102 valence electrons. The summed E-state index contributed by atoms with van der Waals surface area (Å²) in [6.07, 6.45) is 1.97. The molecule has 1 rings (SSSR count). The molecule has 0 atom stereocenters. The Kier molecular flexibility index (Phi) is 6.82. The fourth-order valence-electron chi connectivity index (χ4n) is 1.23. The molecule has 0 saturated carbocycles. The van der Waals surface area contributed by atoms with Gasteiger partial charge in [0.05, 0.1) is 33.3 Å². The van der Waals surface area contributed by atoms with Crippen LogP contribution < -0.4 is 15.0 Å². The summed E-state index contributed by atoms with van der Waals surface area (Å²) in [5.74, 6) is 0.274. The predicted octanol–water partition coefficient (Wildman–Crippen LogP) is 0.210. The Hall–Kier alpha value is -1.60. The minimum atomic E-state index is -0.362. The molecule has 1 N–H and O–H groups in total. The van der Waals surface area contributed by atoms with Crippen LogP contribution in [0.5, 0.6) is 11.6 Å². The minimum absolute atomic E-state index is 0.0813. The van der Waals surface area contributed by atoms with Gasteiger partial charge < -0.3 is 23.9 Å². The van der Waals surface area contributed by atoms with Gasteiger partial charge in [0.25, 0.3) is 11.4 Å². The lowest BCUT2D eigenvalue weighted by Gasteiger charge is -2.08. The zero-order chi connectivity index (χ0) is 13.2. The van der Waals surface area contributed by atoms with Crippen molar-refractivity contribution >= 4 is 0 Å². The average molecular weight is 258 g/mol. The van der Waals surface area contributed by atoms with Crippen LogP contribution in [-0.4, -0.2) is 50.6 Å². The first-order valence-corrected chi connectivity index (χ1v) is 5.60.